The molecule has 0 aromatic heterocycles. The molecule has 88 valence electrons. The summed E-state index contributed by atoms with van der Waals surface area (Å²) in [5.41, 5.74) is 5.31. The number of hydrogen-bond donors (Lipinski definition) is 1. The molecule has 0 spiro atoms. The SMILES string of the molecule is CCCCCCC(C)=NNc1ccccc1. The standard InChI is InChI=1S/C14H22N2/c1-3-4-5-7-10-13(2)15-16-14-11-8-6-9-12-14/h6,8-9,11-12,16H,3-5,7,10H2,1-2H3. The highest BCUT2D eigenvalue weighted by Gasteiger charge is 1.93. The van der Waals surface area contributed by atoms with Gasteiger partial charge in [-0.1, -0.05) is 44.4 Å². The summed E-state index contributed by atoms with van der Waals surface area (Å²) in [6, 6.07) is 10.1. The average Bonchev–Trinajstić information content (AvgIpc) is 2.33. The van der Waals surface area contributed by atoms with Crippen molar-refractivity contribution in [2.45, 2.75) is 46.0 Å². The van der Waals surface area contributed by atoms with E-state index in [-0.39, 0.29) is 0 Å². The van der Waals surface area contributed by atoms with Crippen LogP contribution < -0.4 is 5.43 Å². The zero-order chi connectivity index (χ0) is 11.6. The van der Waals surface area contributed by atoms with Crippen molar-refractivity contribution < 1.29 is 0 Å². The maximum atomic E-state index is 4.36. The third-order valence-corrected chi connectivity index (χ3v) is 2.54. The number of hydrogen-bond acceptors (Lipinski definition) is 2. The molecule has 0 atom stereocenters. The van der Waals surface area contributed by atoms with Crippen molar-refractivity contribution >= 4 is 11.4 Å². The van der Waals surface area contributed by atoms with Crippen LogP contribution in [0.25, 0.3) is 0 Å². The van der Waals surface area contributed by atoms with E-state index in [0.29, 0.717) is 0 Å². The fraction of sp³-hybridized carbons (Fsp3) is 0.500. The molecule has 16 heavy (non-hydrogen) atoms. The zero-order valence-electron chi connectivity index (χ0n) is 10.4. The summed E-state index contributed by atoms with van der Waals surface area (Å²) in [6.45, 7) is 4.32. The lowest BCUT2D eigenvalue weighted by Crippen LogP contribution is -1.97. The van der Waals surface area contributed by atoms with Gasteiger partial charge in [0.05, 0.1) is 5.69 Å². The Morgan fingerprint density at radius 2 is 1.88 bits per heavy atom. The number of unbranched alkanes of at least 4 members (excludes halogenated alkanes) is 3. The lowest BCUT2D eigenvalue weighted by Gasteiger charge is -2.03. The number of rotatable bonds is 7. The molecule has 1 aromatic rings. The Balaban J connectivity index is 2.23. The van der Waals surface area contributed by atoms with E-state index in [0.717, 1.165) is 12.1 Å². The summed E-state index contributed by atoms with van der Waals surface area (Å²) in [6.07, 6.45) is 6.28. The lowest BCUT2D eigenvalue weighted by atomic mass is 10.1. The molecule has 0 aliphatic rings. The number of para-hydroxylation sites is 1. The summed E-state index contributed by atoms with van der Waals surface area (Å²) in [5.74, 6) is 0. The van der Waals surface area contributed by atoms with Crippen LogP contribution in [0.4, 0.5) is 5.69 Å². The summed E-state index contributed by atoms with van der Waals surface area (Å²) < 4.78 is 0. The normalized spacial score (nSPS) is 11.5. The Morgan fingerprint density at radius 1 is 1.12 bits per heavy atom. The molecule has 0 bridgehead atoms. The van der Waals surface area contributed by atoms with Gasteiger partial charge in [-0.2, -0.15) is 5.10 Å². The van der Waals surface area contributed by atoms with Crippen molar-refractivity contribution in [3.05, 3.63) is 30.3 Å². The van der Waals surface area contributed by atoms with Crippen LogP contribution in [0.15, 0.2) is 35.4 Å². The van der Waals surface area contributed by atoms with E-state index in [1.165, 1.54) is 31.4 Å². The number of nitrogens with one attached hydrogen (secondary N) is 1. The molecule has 2 nitrogen and oxygen atoms in total. The molecule has 1 aromatic carbocycles. The summed E-state index contributed by atoms with van der Waals surface area (Å²) in [5, 5.41) is 4.36. The van der Waals surface area contributed by atoms with E-state index in [1.54, 1.807) is 0 Å². The van der Waals surface area contributed by atoms with Crippen molar-refractivity contribution in [1.29, 1.82) is 0 Å². The predicted octanol–water partition coefficient (Wildman–Crippen LogP) is 4.44. The van der Waals surface area contributed by atoms with E-state index >= 15 is 0 Å². The number of hydrazone groups is 1. The summed E-state index contributed by atoms with van der Waals surface area (Å²) in [4.78, 5) is 0. The average molecular weight is 218 g/mol. The smallest absolute Gasteiger partial charge is 0.0561 e. The van der Waals surface area contributed by atoms with Crippen LogP contribution in [0.5, 0.6) is 0 Å². The van der Waals surface area contributed by atoms with Gasteiger partial charge in [-0.05, 0) is 31.9 Å². The van der Waals surface area contributed by atoms with Crippen molar-refractivity contribution in [2.75, 3.05) is 5.43 Å². The Bertz CT molecular complexity index is 304. The molecular weight excluding hydrogens is 196 g/mol. The third-order valence-electron chi connectivity index (χ3n) is 2.54. The van der Waals surface area contributed by atoms with Crippen LogP contribution in [-0.2, 0) is 0 Å². The molecule has 0 heterocycles. The molecule has 0 aliphatic carbocycles. The topological polar surface area (TPSA) is 24.4 Å². The third kappa shape index (κ3) is 5.54. The minimum atomic E-state index is 1.05. The molecule has 0 aliphatic heterocycles. The van der Waals surface area contributed by atoms with Crippen LogP contribution in [-0.4, -0.2) is 5.71 Å². The van der Waals surface area contributed by atoms with Gasteiger partial charge in [0.25, 0.3) is 0 Å². The van der Waals surface area contributed by atoms with Crippen molar-refractivity contribution in [2.24, 2.45) is 5.10 Å². The lowest BCUT2D eigenvalue weighted by molar-refractivity contribution is 0.682. The van der Waals surface area contributed by atoms with Gasteiger partial charge in [-0.25, -0.2) is 0 Å². The first kappa shape index (κ1) is 12.8. The van der Waals surface area contributed by atoms with E-state index < -0.39 is 0 Å². The first-order valence-electron chi connectivity index (χ1n) is 6.17. The van der Waals surface area contributed by atoms with Gasteiger partial charge in [0.1, 0.15) is 0 Å². The minimum Gasteiger partial charge on any atom is -0.279 e. The van der Waals surface area contributed by atoms with Gasteiger partial charge in [-0.15, -0.1) is 0 Å². The van der Waals surface area contributed by atoms with Crippen molar-refractivity contribution in [1.82, 2.24) is 0 Å². The van der Waals surface area contributed by atoms with Gasteiger partial charge < -0.3 is 0 Å². The van der Waals surface area contributed by atoms with Crippen molar-refractivity contribution in [3.8, 4) is 0 Å². The molecule has 1 rings (SSSR count). The molecule has 0 radical (unpaired) electrons. The highest BCUT2D eigenvalue weighted by Crippen LogP contribution is 2.06. The molecule has 0 saturated heterocycles. The van der Waals surface area contributed by atoms with E-state index in [2.05, 4.69) is 24.4 Å². The molecule has 0 amide bonds. The van der Waals surface area contributed by atoms with Crippen LogP contribution in [0.2, 0.25) is 0 Å². The Morgan fingerprint density at radius 3 is 2.56 bits per heavy atom. The van der Waals surface area contributed by atoms with Crippen molar-refractivity contribution in [3.63, 3.8) is 0 Å². The zero-order valence-corrected chi connectivity index (χ0v) is 10.4. The summed E-state index contributed by atoms with van der Waals surface area (Å²) in [7, 11) is 0. The highest BCUT2D eigenvalue weighted by molar-refractivity contribution is 5.82. The van der Waals surface area contributed by atoms with Crippen LogP contribution in [0.1, 0.15) is 46.0 Å². The number of nitrogens with zero attached hydrogens (tertiary/aromatic N) is 1. The largest absolute Gasteiger partial charge is 0.279 e. The maximum Gasteiger partial charge on any atom is 0.0561 e. The Hall–Kier alpha value is -1.31. The molecular formula is C14H22N2. The van der Waals surface area contributed by atoms with E-state index in [1.807, 2.05) is 30.3 Å². The fourth-order valence-electron chi connectivity index (χ4n) is 1.54. The second kappa shape index (κ2) is 7.91. The van der Waals surface area contributed by atoms with Crippen LogP contribution in [0, 0.1) is 0 Å². The number of anilines is 1. The van der Waals surface area contributed by atoms with Crippen LogP contribution in [0.3, 0.4) is 0 Å². The van der Waals surface area contributed by atoms with Gasteiger partial charge in [0, 0.05) is 5.71 Å². The van der Waals surface area contributed by atoms with Gasteiger partial charge in [0.2, 0.25) is 0 Å². The van der Waals surface area contributed by atoms with Gasteiger partial charge in [0.15, 0.2) is 0 Å². The Kier molecular flexibility index (Phi) is 6.31. The summed E-state index contributed by atoms with van der Waals surface area (Å²) >= 11 is 0. The van der Waals surface area contributed by atoms with Gasteiger partial charge in [-0.3, -0.25) is 5.43 Å². The molecule has 0 unspecified atom stereocenters. The second-order valence-corrected chi connectivity index (χ2v) is 4.14. The Labute approximate surface area is 98.8 Å². The molecule has 0 fully saturated rings. The maximum absolute atomic E-state index is 4.36. The fourth-order valence-corrected chi connectivity index (χ4v) is 1.54. The first-order valence-corrected chi connectivity index (χ1v) is 6.17. The molecule has 2 heteroatoms. The molecule has 0 saturated carbocycles. The quantitative estimate of drug-likeness (QED) is 0.408. The minimum absolute atomic E-state index is 1.05. The second-order valence-electron chi connectivity index (χ2n) is 4.14. The number of benzene rings is 1. The van der Waals surface area contributed by atoms with Crippen LogP contribution >= 0.6 is 0 Å². The predicted molar refractivity (Wildman–Crippen MR) is 71.9 cm³/mol. The molecule has 1 N–H and O–H groups in total. The van der Waals surface area contributed by atoms with E-state index in [9.17, 15) is 0 Å². The monoisotopic (exact) mass is 218 g/mol. The van der Waals surface area contributed by atoms with Gasteiger partial charge >= 0.3 is 0 Å². The van der Waals surface area contributed by atoms with E-state index in [4.69, 9.17) is 0 Å². The first-order chi connectivity index (χ1) is 7.83. The highest BCUT2D eigenvalue weighted by atomic mass is 15.3.